The van der Waals surface area contributed by atoms with Gasteiger partial charge in [0.1, 0.15) is 5.54 Å². The maximum atomic E-state index is 11.9. The van der Waals surface area contributed by atoms with E-state index in [9.17, 15) is 9.90 Å². The van der Waals surface area contributed by atoms with Crippen molar-refractivity contribution in [3.05, 3.63) is 16.4 Å². The van der Waals surface area contributed by atoms with Crippen LogP contribution in [-0.2, 0) is 11.3 Å². The first-order valence-electron chi connectivity index (χ1n) is 7.14. The summed E-state index contributed by atoms with van der Waals surface area (Å²) >= 11 is 6.17. The second-order valence-electron chi connectivity index (χ2n) is 6.11. The lowest BCUT2D eigenvalue weighted by Crippen LogP contribution is -2.58. The van der Waals surface area contributed by atoms with Gasteiger partial charge in [-0.1, -0.05) is 11.6 Å². The lowest BCUT2D eigenvalue weighted by molar-refractivity contribution is -0.147. The Morgan fingerprint density at radius 1 is 1.45 bits per heavy atom. The van der Waals surface area contributed by atoms with Gasteiger partial charge in [-0.3, -0.25) is 14.8 Å². The molecule has 0 spiro atoms. The molecule has 2 aliphatic carbocycles. The van der Waals surface area contributed by atoms with Crippen LogP contribution in [0.5, 0.6) is 0 Å². The van der Waals surface area contributed by atoms with Gasteiger partial charge in [-0.2, -0.15) is 5.10 Å². The number of nitrogens with one attached hydrogen (secondary N) is 1. The van der Waals surface area contributed by atoms with Gasteiger partial charge < -0.3 is 5.11 Å². The van der Waals surface area contributed by atoms with Gasteiger partial charge in [0.15, 0.2) is 0 Å². The first-order chi connectivity index (χ1) is 9.44. The van der Waals surface area contributed by atoms with Gasteiger partial charge in [-0.25, -0.2) is 0 Å². The average molecular weight is 298 g/mol. The fraction of sp³-hybridized carbons (Fsp3) is 0.714. The molecule has 110 valence electrons. The van der Waals surface area contributed by atoms with Gasteiger partial charge in [-0.05, 0) is 45.4 Å². The Kier molecular flexibility index (Phi) is 3.29. The maximum absolute atomic E-state index is 11.9. The molecule has 6 heteroatoms. The maximum Gasteiger partial charge on any atom is 0.326 e. The number of aryl methyl sites for hydroxylation is 1. The Balaban J connectivity index is 1.92. The molecule has 2 aliphatic rings. The summed E-state index contributed by atoms with van der Waals surface area (Å²) in [4.78, 5) is 11.9. The molecule has 20 heavy (non-hydrogen) atoms. The summed E-state index contributed by atoms with van der Waals surface area (Å²) in [6.07, 6.45) is 4.08. The number of carboxylic acids is 1. The molecule has 1 heterocycles. The Morgan fingerprint density at radius 3 is 2.50 bits per heavy atom. The molecular weight excluding hydrogens is 278 g/mol. The SMILES string of the molecule is Cc1nn(CC(NC2CC2)(C(=O)O)C2CC2)c(C)c1Cl. The van der Waals surface area contributed by atoms with Crippen LogP contribution in [0.1, 0.15) is 37.1 Å². The van der Waals surface area contributed by atoms with Gasteiger partial charge in [0.25, 0.3) is 0 Å². The summed E-state index contributed by atoms with van der Waals surface area (Å²) in [5.41, 5.74) is 0.701. The third-order valence-electron chi connectivity index (χ3n) is 4.39. The van der Waals surface area contributed by atoms with Gasteiger partial charge >= 0.3 is 5.97 Å². The molecule has 2 saturated carbocycles. The molecule has 1 atom stereocenters. The van der Waals surface area contributed by atoms with Crippen molar-refractivity contribution in [2.45, 2.75) is 57.7 Å². The summed E-state index contributed by atoms with van der Waals surface area (Å²) < 4.78 is 1.75. The largest absolute Gasteiger partial charge is 0.480 e. The van der Waals surface area contributed by atoms with Crippen molar-refractivity contribution >= 4 is 17.6 Å². The van der Waals surface area contributed by atoms with E-state index in [1.54, 1.807) is 4.68 Å². The molecular formula is C14H20ClN3O2. The van der Waals surface area contributed by atoms with E-state index in [1.807, 2.05) is 13.8 Å². The average Bonchev–Trinajstić information content (AvgIpc) is 3.26. The Bertz CT molecular complexity index is 549. The van der Waals surface area contributed by atoms with Crippen molar-refractivity contribution in [1.29, 1.82) is 0 Å². The second-order valence-corrected chi connectivity index (χ2v) is 6.49. The molecule has 0 aromatic carbocycles. The van der Waals surface area contributed by atoms with Crippen LogP contribution in [0.4, 0.5) is 0 Å². The van der Waals surface area contributed by atoms with Crippen LogP contribution in [0.15, 0.2) is 0 Å². The molecule has 0 amide bonds. The normalized spacial score (nSPS) is 21.8. The van der Waals surface area contributed by atoms with Crippen molar-refractivity contribution in [3.8, 4) is 0 Å². The predicted molar refractivity (Wildman–Crippen MR) is 76.0 cm³/mol. The summed E-state index contributed by atoms with van der Waals surface area (Å²) in [6.45, 7) is 4.08. The van der Waals surface area contributed by atoms with Crippen molar-refractivity contribution in [3.63, 3.8) is 0 Å². The van der Waals surface area contributed by atoms with Crippen LogP contribution in [0, 0.1) is 19.8 Å². The summed E-state index contributed by atoms with van der Waals surface area (Å²) in [5.74, 6) is -0.571. The number of aliphatic carboxylic acids is 1. The van der Waals surface area contributed by atoms with E-state index in [1.165, 1.54) is 0 Å². The van der Waals surface area contributed by atoms with E-state index >= 15 is 0 Å². The van der Waals surface area contributed by atoms with Crippen LogP contribution in [-0.4, -0.2) is 32.4 Å². The van der Waals surface area contributed by atoms with Gasteiger partial charge in [0, 0.05) is 6.04 Å². The summed E-state index contributed by atoms with van der Waals surface area (Å²) in [5, 5.41) is 18.2. The highest BCUT2D eigenvalue weighted by atomic mass is 35.5. The molecule has 0 saturated heterocycles. The van der Waals surface area contributed by atoms with Crippen LogP contribution in [0.3, 0.4) is 0 Å². The first kappa shape index (κ1) is 13.9. The quantitative estimate of drug-likeness (QED) is 0.844. The Labute approximate surface area is 123 Å². The van der Waals surface area contributed by atoms with E-state index in [0.717, 1.165) is 37.1 Å². The molecule has 0 radical (unpaired) electrons. The van der Waals surface area contributed by atoms with Gasteiger partial charge in [0.05, 0.1) is 23.0 Å². The van der Waals surface area contributed by atoms with Crippen LogP contribution in [0.2, 0.25) is 5.02 Å². The van der Waals surface area contributed by atoms with Crippen molar-refractivity contribution in [2.24, 2.45) is 5.92 Å². The van der Waals surface area contributed by atoms with E-state index in [0.29, 0.717) is 17.6 Å². The smallest absolute Gasteiger partial charge is 0.326 e. The lowest BCUT2D eigenvalue weighted by atomic mass is 9.92. The lowest BCUT2D eigenvalue weighted by Gasteiger charge is -2.31. The highest BCUT2D eigenvalue weighted by molar-refractivity contribution is 6.31. The number of nitrogens with zero attached hydrogens (tertiary/aromatic N) is 2. The predicted octanol–water partition coefficient (Wildman–Crippen LogP) is 2.14. The molecule has 1 unspecified atom stereocenters. The van der Waals surface area contributed by atoms with E-state index in [-0.39, 0.29) is 5.92 Å². The third-order valence-corrected chi connectivity index (χ3v) is 4.93. The third kappa shape index (κ3) is 2.33. The highest BCUT2D eigenvalue weighted by Crippen LogP contribution is 2.43. The fourth-order valence-corrected chi connectivity index (χ4v) is 2.97. The number of hydrogen-bond acceptors (Lipinski definition) is 3. The minimum Gasteiger partial charge on any atom is -0.480 e. The van der Waals surface area contributed by atoms with E-state index < -0.39 is 11.5 Å². The summed E-state index contributed by atoms with van der Waals surface area (Å²) in [7, 11) is 0. The first-order valence-corrected chi connectivity index (χ1v) is 7.52. The molecule has 1 aromatic heterocycles. The van der Waals surface area contributed by atoms with Gasteiger partial charge in [0.2, 0.25) is 0 Å². The fourth-order valence-electron chi connectivity index (χ4n) is 2.83. The molecule has 3 rings (SSSR count). The van der Waals surface area contributed by atoms with Crippen molar-refractivity contribution < 1.29 is 9.90 Å². The minimum absolute atomic E-state index is 0.197. The number of carboxylic acid groups (broad SMARTS) is 1. The molecule has 0 bridgehead atoms. The van der Waals surface area contributed by atoms with Crippen LogP contribution < -0.4 is 5.32 Å². The molecule has 0 aliphatic heterocycles. The van der Waals surface area contributed by atoms with Crippen LogP contribution >= 0.6 is 11.6 Å². The number of hydrogen-bond donors (Lipinski definition) is 2. The standard InChI is InChI=1S/C14H20ClN3O2/c1-8-12(15)9(2)18(17-8)7-14(13(19)20,10-3-4-10)16-11-5-6-11/h10-11,16H,3-7H2,1-2H3,(H,19,20). The summed E-state index contributed by atoms with van der Waals surface area (Å²) in [6, 6.07) is 0.346. The monoisotopic (exact) mass is 297 g/mol. The number of rotatable bonds is 6. The molecule has 5 nitrogen and oxygen atoms in total. The molecule has 1 aromatic rings. The van der Waals surface area contributed by atoms with Crippen molar-refractivity contribution in [1.82, 2.24) is 15.1 Å². The van der Waals surface area contributed by atoms with Crippen molar-refractivity contribution in [2.75, 3.05) is 0 Å². The zero-order valence-electron chi connectivity index (χ0n) is 11.8. The zero-order valence-corrected chi connectivity index (χ0v) is 12.6. The second kappa shape index (κ2) is 4.74. The van der Waals surface area contributed by atoms with E-state index in [2.05, 4.69) is 10.4 Å². The Morgan fingerprint density at radius 2 is 2.10 bits per heavy atom. The Hall–Kier alpha value is -1.07. The topological polar surface area (TPSA) is 67.2 Å². The molecule has 2 N–H and O–H groups in total. The number of carbonyl (C=O) groups is 1. The zero-order chi connectivity index (χ0) is 14.5. The van der Waals surface area contributed by atoms with E-state index in [4.69, 9.17) is 11.6 Å². The number of aromatic nitrogens is 2. The number of halogens is 1. The minimum atomic E-state index is -0.895. The van der Waals surface area contributed by atoms with Gasteiger partial charge in [-0.15, -0.1) is 0 Å². The highest BCUT2D eigenvalue weighted by Gasteiger charge is 2.53. The van der Waals surface area contributed by atoms with Crippen LogP contribution in [0.25, 0.3) is 0 Å². The molecule has 2 fully saturated rings.